The quantitative estimate of drug-likeness (QED) is 0.655. The Bertz CT molecular complexity index is 463. The first-order valence-corrected chi connectivity index (χ1v) is 4.55. The van der Waals surface area contributed by atoms with Gasteiger partial charge in [-0.3, -0.25) is 4.98 Å². The van der Waals surface area contributed by atoms with Crippen LogP contribution in [0.1, 0.15) is 5.56 Å². The van der Waals surface area contributed by atoms with Gasteiger partial charge in [-0.25, -0.2) is 0 Å². The van der Waals surface area contributed by atoms with Crippen LogP contribution in [-0.2, 0) is 6.42 Å². The summed E-state index contributed by atoms with van der Waals surface area (Å²) in [6, 6.07) is 8.26. The van der Waals surface area contributed by atoms with Crippen LogP contribution >= 0.6 is 0 Å². The molecule has 3 rings (SSSR count). The Hall–Kier alpha value is -1.57. The molecule has 13 heavy (non-hydrogen) atoms. The Kier molecular flexibility index (Phi) is 1.30. The van der Waals surface area contributed by atoms with Gasteiger partial charge in [0.1, 0.15) is 0 Å². The molecule has 0 unspecified atom stereocenters. The number of pyridine rings is 1. The van der Waals surface area contributed by atoms with Crippen LogP contribution in [0, 0.1) is 0 Å². The molecule has 0 saturated carbocycles. The molecule has 0 amide bonds. The summed E-state index contributed by atoms with van der Waals surface area (Å²) in [4.78, 5) is 4.41. The number of hydrogen-bond acceptors (Lipinski definition) is 2. The summed E-state index contributed by atoms with van der Waals surface area (Å²) in [5, 5.41) is 4.65. The van der Waals surface area contributed by atoms with Gasteiger partial charge in [0.2, 0.25) is 0 Å². The average molecular weight is 170 g/mol. The number of anilines is 1. The first-order valence-electron chi connectivity index (χ1n) is 4.55. The normalized spacial score (nSPS) is 14.2. The summed E-state index contributed by atoms with van der Waals surface area (Å²) >= 11 is 0. The lowest BCUT2D eigenvalue weighted by molar-refractivity contribution is 1.10. The van der Waals surface area contributed by atoms with Gasteiger partial charge in [-0.2, -0.15) is 0 Å². The standard InChI is InChI=1S/C11H10N2/c1-2-4-10-9(3-1)11-8(7-13-10)5-6-12-11/h1-4,7,12H,5-6H2. The number of benzene rings is 1. The highest BCUT2D eigenvalue weighted by atomic mass is 14.9. The van der Waals surface area contributed by atoms with E-state index < -0.39 is 0 Å². The smallest absolute Gasteiger partial charge is 0.0722 e. The van der Waals surface area contributed by atoms with Gasteiger partial charge in [0, 0.05) is 23.8 Å². The summed E-state index contributed by atoms with van der Waals surface area (Å²) in [6.07, 6.45) is 3.09. The summed E-state index contributed by atoms with van der Waals surface area (Å²) in [7, 11) is 0. The zero-order valence-corrected chi connectivity index (χ0v) is 7.25. The summed E-state index contributed by atoms with van der Waals surface area (Å²) < 4.78 is 0. The first-order chi connectivity index (χ1) is 6.45. The Morgan fingerprint density at radius 3 is 3.15 bits per heavy atom. The number of nitrogens with zero attached hydrogens (tertiary/aromatic N) is 1. The molecule has 1 aromatic carbocycles. The number of para-hydroxylation sites is 1. The topological polar surface area (TPSA) is 24.9 Å². The van der Waals surface area contributed by atoms with E-state index in [2.05, 4.69) is 28.5 Å². The zero-order chi connectivity index (χ0) is 8.67. The molecule has 0 atom stereocenters. The SMILES string of the molecule is c1ccc2c3c(cnc2c1)CCN3. The molecule has 0 radical (unpaired) electrons. The number of rotatable bonds is 0. The highest BCUT2D eigenvalue weighted by molar-refractivity contribution is 5.93. The molecule has 0 saturated heterocycles. The summed E-state index contributed by atoms with van der Waals surface area (Å²) in [6.45, 7) is 1.05. The maximum Gasteiger partial charge on any atom is 0.0722 e. The fourth-order valence-electron chi connectivity index (χ4n) is 1.90. The third kappa shape index (κ3) is 0.917. The molecule has 2 nitrogen and oxygen atoms in total. The van der Waals surface area contributed by atoms with Gasteiger partial charge in [-0.05, 0) is 18.1 Å². The van der Waals surface area contributed by atoms with E-state index in [9.17, 15) is 0 Å². The van der Waals surface area contributed by atoms with Crippen molar-refractivity contribution in [3.63, 3.8) is 0 Å². The lowest BCUT2D eigenvalue weighted by Gasteiger charge is -2.03. The van der Waals surface area contributed by atoms with Gasteiger partial charge in [-0.1, -0.05) is 18.2 Å². The lowest BCUT2D eigenvalue weighted by Crippen LogP contribution is -1.91. The minimum atomic E-state index is 1.05. The monoisotopic (exact) mass is 170 g/mol. The average Bonchev–Trinajstić information content (AvgIpc) is 2.65. The number of fused-ring (bicyclic) bond motifs is 3. The second-order valence-corrected chi connectivity index (χ2v) is 3.35. The molecular weight excluding hydrogens is 160 g/mol. The predicted molar refractivity (Wildman–Crippen MR) is 53.9 cm³/mol. The molecule has 0 fully saturated rings. The molecular formula is C11H10N2. The molecule has 1 aromatic heterocycles. The summed E-state index contributed by atoms with van der Waals surface area (Å²) in [5.74, 6) is 0. The number of aromatic nitrogens is 1. The third-order valence-electron chi connectivity index (χ3n) is 2.55. The second kappa shape index (κ2) is 2.46. The van der Waals surface area contributed by atoms with Gasteiger partial charge >= 0.3 is 0 Å². The minimum Gasteiger partial charge on any atom is -0.384 e. The maximum atomic E-state index is 4.41. The predicted octanol–water partition coefficient (Wildman–Crippen LogP) is 2.20. The van der Waals surface area contributed by atoms with Crippen molar-refractivity contribution in [1.82, 2.24) is 4.98 Å². The van der Waals surface area contributed by atoms with E-state index in [1.54, 1.807) is 0 Å². The fourth-order valence-corrected chi connectivity index (χ4v) is 1.90. The van der Waals surface area contributed by atoms with Crippen LogP contribution in [0.2, 0.25) is 0 Å². The van der Waals surface area contributed by atoms with Gasteiger partial charge in [0.15, 0.2) is 0 Å². The first kappa shape index (κ1) is 6.89. The van der Waals surface area contributed by atoms with Crippen molar-refractivity contribution < 1.29 is 0 Å². The lowest BCUT2D eigenvalue weighted by atomic mass is 10.1. The molecule has 1 N–H and O–H groups in total. The highest BCUT2D eigenvalue weighted by Crippen LogP contribution is 2.29. The number of nitrogens with one attached hydrogen (secondary N) is 1. The molecule has 2 aromatic rings. The fraction of sp³-hybridized carbons (Fsp3) is 0.182. The molecule has 2 heterocycles. The van der Waals surface area contributed by atoms with E-state index in [-0.39, 0.29) is 0 Å². The molecule has 1 aliphatic rings. The van der Waals surface area contributed by atoms with Crippen LogP contribution in [-0.4, -0.2) is 11.5 Å². The highest BCUT2D eigenvalue weighted by Gasteiger charge is 2.12. The van der Waals surface area contributed by atoms with Crippen molar-refractivity contribution in [3.05, 3.63) is 36.0 Å². The largest absolute Gasteiger partial charge is 0.384 e. The Balaban J connectivity index is 2.43. The molecule has 1 aliphatic heterocycles. The van der Waals surface area contributed by atoms with E-state index in [1.807, 2.05) is 12.3 Å². The van der Waals surface area contributed by atoms with Crippen LogP contribution in [0.3, 0.4) is 0 Å². The van der Waals surface area contributed by atoms with E-state index in [0.29, 0.717) is 0 Å². The Labute approximate surface area is 76.6 Å². The van der Waals surface area contributed by atoms with Crippen LogP contribution in [0.15, 0.2) is 30.5 Å². The van der Waals surface area contributed by atoms with Crippen molar-refractivity contribution in [2.45, 2.75) is 6.42 Å². The maximum absolute atomic E-state index is 4.41. The molecule has 0 spiro atoms. The summed E-state index contributed by atoms with van der Waals surface area (Å²) in [5.41, 5.74) is 3.71. The molecule has 0 aliphatic carbocycles. The van der Waals surface area contributed by atoms with Crippen LogP contribution in [0.25, 0.3) is 10.9 Å². The third-order valence-corrected chi connectivity index (χ3v) is 2.55. The molecule has 2 heteroatoms. The van der Waals surface area contributed by atoms with Crippen molar-refractivity contribution >= 4 is 16.6 Å². The van der Waals surface area contributed by atoms with Crippen molar-refractivity contribution in [2.75, 3.05) is 11.9 Å². The van der Waals surface area contributed by atoms with Gasteiger partial charge in [-0.15, -0.1) is 0 Å². The van der Waals surface area contributed by atoms with E-state index >= 15 is 0 Å². The minimum absolute atomic E-state index is 1.05. The Morgan fingerprint density at radius 2 is 2.15 bits per heavy atom. The van der Waals surface area contributed by atoms with E-state index in [0.717, 1.165) is 18.5 Å². The zero-order valence-electron chi connectivity index (χ0n) is 7.25. The van der Waals surface area contributed by atoms with E-state index in [1.165, 1.54) is 16.6 Å². The van der Waals surface area contributed by atoms with Gasteiger partial charge in [0.25, 0.3) is 0 Å². The van der Waals surface area contributed by atoms with Crippen LogP contribution in [0.5, 0.6) is 0 Å². The molecule has 0 bridgehead atoms. The molecule has 64 valence electrons. The van der Waals surface area contributed by atoms with Crippen molar-refractivity contribution in [1.29, 1.82) is 0 Å². The van der Waals surface area contributed by atoms with Gasteiger partial charge < -0.3 is 5.32 Å². The van der Waals surface area contributed by atoms with Crippen molar-refractivity contribution in [2.24, 2.45) is 0 Å². The van der Waals surface area contributed by atoms with E-state index in [4.69, 9.17) is 0 Å². The second-order valence-electron chi connectivity index (χ2n) is 3.35. The van der Waals surface area contributed by atoms with Crippen LogP contribution < -0.4 is 5.32 Å². The Morgan fingerprint density at radius 1 is 1.23 bits per heavy atom. The van der Waals surface area contributed by atoms with Gasteiger partial charge in [0.05, 0.1) is 5.52 Å². The van der Waals surface area contributed by atoms with Crippen LogP contribution in [0.4, 0.5) is 5.69 Å². The number of hydrogen-bond donors (Lipinski definition) is 1. The van der Waals surface area contributed by atoms with Crippen molar-refractivity contribution in [3.8, 4) is 0 Å².